The topological polar surface area (TPSA) is 35.5 Å². The lowest BCUT2D eigenvalue weighted by Gasteiger charge is -2.27. The van der Waals surface area contributed by atoms with E-state index in [0.29, 0.717) is 11.8 Å². The molecule has 0 aromatic rings. The van der Waals surface area contributed by atoms with Gasteiger partial charge in [-0.25, -0.2) is 0 Å². The Morgan fingerprint density at radius 3 is 3.13 bits per heavy atom. The Hall–Kier alpha value is 0.160. The molecule has 0 aromatic heterocycles. The van der Waals surface area contributed by atoms with Crippen LogP contribution in [0.5, 0.6) is 0 Å². The van der Waals surface area contributed by atoms with E-state index in [2.05, 4.69) is 29.5 Å². The summed E-state index contributed by atoms with van der Waals surface area (Å²) in [5.74, 6) is 1.27. The van der Waals surface area contributed by atoms with E-state index in [0.717, 1.165) is 19.3 Å². The Balaban J connectivity index is 1.75. The molecule has 6 unspecified atom stereocenters. The van der Waals surface area contributed by atoms with Crippen LogP contribution >= 0.6 is 22.6 Å². The first kappa shape index (κ1) is 10.3. The second-order valence-corrected chi connectivity index (χ2v) is 6.21. The molecule has 0 aromatic carbocycles. The number of carbonyl (C=O) groups excluding carboxylic acids is 1. The molecule has 0 spiro atoms. The van der Waals surface area contributed by atoms with Gasteiger partial charge in [0, 0.05) is 5.92 Å². The first-order valence-corrected chi connectivity index (χ1v) is 6.95. The Morgan fingerprint density at radius 1 is 1.60 bits per heavy atom. The summed E-state index contributed by atoms with van der Waals surface area (Å²) >= 11 is 2.32. The third-order valence-corrected chi connectivity index (χ3v) is 5.21. The van der Waals surface area contributed by atoms with Crippen molar-refractivity contribution in [2.75, 3.05) is 0 Å². The zero-order valence-corrected chi connectivity index (χ0v) is 10.8. The fraction of sp³-hybridized carbons (Fsp3) is 0.909. The standard InChI is InChI=1S/C11H15IO3/c1-2-8(12)14-9-5-3-6-7(4-5)11(13)15-10(6)9/h5-10H,2-4H2,1H3. The molecule has 4 heteroatoms. The second-order valence-electron chi connectivity index (χ2n) is 4.82. The summed E-state index contributed by atoms with van der Waals surface area (Å²) in [6.07, 6.45) is 3.40. The Labute approximate surface area is 103 Å². The number of rotatable bonds is 3. The van der Waals surface area contributed by atoms with Gasteiger partial charge < -0.3 is 9.47 Å². The van der Waals surface area contributed by atoms with Crippen LogP contribution in [-0.4, -0.2) is 22.3 Å². The molecule has 2 aliphatic carbocycles. The van der Waals surface area contributed by atoms with E-state index in [1.54, 1.807) is 0 Å². The van der Waals surface area contributed by atoms with Crippen molar-refractivity contribution in [3.8, 4) is 0 Å². The molecule has 1 saturated heterocycles. The van der Waals surface area contributed by atoms with Crippen LogP contribution in [0.3, 0.4) is 0 Å². The van der Waals surface area contributed by atoms with Gasteiger partial charge >= 0.3 is 5.97 Å². The Bertz CT molecular complexity index is 294. The zero-order chi connectivity index (χ0) is 10.6. The molecule has 0 amide bonds. The lowest BCUT2D eigenvalue weighted by molar-refractivity contribution is -0.147. The summed E-state index contributed by atoms with van der Waals surface area (Å²) in [4.78, 5) is 11.5. The predicted molar refractivity (Wildman–Crippen MR) is 62.6 cm³/mol. The number of halogens is 1. The minimum atomic E-state index is 0.0279. The van der Waals surface area contributed by atoms with Crippen molar-refractivity contribution in [3.63, 3.8) is 0 Å². The predicted octanol–water partition coefficient (Wildman–Crippen LogP) is 2.12. The first-order valence-electron chi connectivity index (χ1n) is 5.70. The molecule has 6 atom stereocenters. The van der Waals surface area contributed by atoms with E-state index in [9.17, 15) is 4.79 Å². The highest BCUT2D eigenvalue weighted by Gasteiger charge is 2.62. The Morgan fingerprint density at radius 2 is 2.40 bits per heavy atom. The van der Waals surface area contributed by atoms with Crippen molar-refractivity contribution < 1.29 is 14.3 Å². The van der Waals surface area contributed by atoms with E-state index >= 15 is 0 Å². The molecular formula is C11H15IO3. The largest absolute Gasteiger partial charge is 0.459 e. The van der Waals surface area contributed by atoms with Gasteiger partial charge in [-0.2, -0.15) is 0 Å². The number of hydrogen-bond acceptors (Lipinski definition) is 3. The van der Waals surface area contributed by atoms with Gasteiger partial charge in [0.2, 0.25) is 0 Å². The van der Waals surface area contributed by atoms with Crippen LogP contribution in [-0.2, 0) is 14.3 Å². The number of ether oxygens (including phenoxy) is 2. The molecule has 3 nitrogen and oxygen atoms in total. The maximum absolute atomic E-state index is 11.5. The summed E-state index contributed by atoms with van der Waals surface area (Å²) < 4.78 is 11.7. The third-order valence-electron chi connectivity index (χ3n) is 4.04. The zero-order valence-electron chi connectivity index (χ0n) is 8.69. The van der Waals surface area contributed by atoms with Crippen LogP contribution in [0.4, 0.5) is 0 Å². The van der Waals surface area contributed by atoms with Crippen LogP contribution in [0.2, 0.25) is 0 Å². The van der Waals surface area contributed by atoms with Gasteiger partial charge in [0.1, 0.15) is 10.2 Å². The number of carbonyl (C=O) groups is 1. The molecule has 1 heterocycles. The van der Waals surface area contributed by atoms with Crippen LogP contribution < -0.4 is 0 Å². The van der Waals surface area contributed by atoms with Gasteiger partial charge in [-0.15, -0.1) is 0 Å². The van der Waals surface area contributed by atoms with Gasteiger partial charge in [-0.05, 0) is 25.2 Å². The molecule has 3 rings (SSSR count). The quantitative estimate of drug-likeness (QED) is 0.454. The van der Waals surface area contributed by atoms with Gasteiger partial charge in [0.15, 0.2) is 0 Å². The lowest BCUT2D eigenvalue weighted by atomic mass is 9.88. The Kier molecular flexibility index (Phi) is 2.47. The van der Waals surface area contributed by atoms with E-state index < -0.39 is 0 Å². The second kappa shape index (κ2) is 3.58. The average molecular weight is 322 g/mol. The lowest BCUT2D eigenvalue weighted by Crippen LogP contribution is -2.35. The summed E-state index contributed by atoms with van der Waals surface area (Å²) in [7, 11) is 0. The number of alkyl halides is 1. The molecule has 2 saturated carbocycles. The molecule has 84 valence electrons. The maximum atomic E-state index is 11.5. The minimum absolute atomic E-state index is 0.0279. The summed E-state index contributed by atoms with van der Waals surface area (Å²) in [6, 6.07) is 0. The molecule has 3 fully saturated rings. The molecule has 0 radical (unpaired) electrons. The van der Waals surface area contributed by atoms with Crippen LogP contribution in [0.15, 0.2) is 0 Å². The van der Waals surface area contributed by atoms with E-state index in [4.69, 9.17) is 9.47 Å². The molecular weight excluding hydrogens is 307 g/mol. The normalized spacial score (nSPS) is 48.4. The molecule has 1 aliphatic heterocycles. The van der Waals surface area contributed by atoms with E-state index in [1.807, 2.05) is 0 Å². The number of hydrogen-bond donors (Lipinski definition) is 0. The maximum Gasteiger partial charge on any atom is 0.309 e. The molecule has 0 N–H and O–H groups in total. The van der Waals surface area contributed by atoms with Gasteiger partial charge in [0.25, 0.3) is 0 Å². The van der Waals surface area contributed by atoms with Gasteiger partial charge in [-0.3, -0.25) is 4.79 Å². The fourth-order valence-corrected chi connectivity index (χ4v) is 3.70. The van der Waals surface area contributed by atoms with Crippen LogP contribution in [0.1, 0.15) is 26.2 Å². The van der Waals surface area contributed by atoms with Crippen molar-refractivity contribution in [3.05, 3.63) is 0 Å². The highest BCUT2D eigenvalue weighted by atomic mass is 127. The first-order chi connectivity index (χ1) is 7.20. The van der Waals surface area contributed by atoms with Crippen molar-refractivity contribution in [2.45, 2.75) is 42.5 Å². The highest BCUT2D eigenvalue weighted by Crippen LogP contribution is 2.55. The van der Waals surface area contributed by atoms with E-state index in [-0.39, 0.29) is 28.2 Å². The minimum Gasteiger partial charge on any atom is -0.459 e. The highest BCUT2D eigenvalue weighted by molar-refractivity contribution is 14.1. The van der Waals surface area contributed by atoms with E-state index in [1.165, 1.54) is 0 Å². The van der Waals surface area contributed by atoms with Crippen molar-refractivity contribution in [1.82, 2.24) is 0 Å². The monoisotopic (exact) mass is 322 g/mol. The third kappa shape index (κ3) is 1.44. The SMILES string of the molecule is CCC(I)OC1C2CC3C(=O)OC1C3C2. The van der Waals surface area contributed by atoms with Crippen LogP contribution in [0.25, 0.3) is 0 Å². The summed E-state index contributed by atoms with van der Waals surface area (Å²) in [5, 5.41) is 0. The number of fused-ring (bicyclic) bond motifs is 1. The van der Waals surface area contributed by atoms with Crippen LogP contribution in [0, 0.1) is 17.8 Å². The summed E-state index contributed by atoms with van der Waals surface area (Å²) in [5.41, 5.74) is 0. The van der Waals surface area contributed by atoms with Crippen molar-refractivity contribution in [2.24, 2.45) is 17.8 Å². The molecule has 15 heavy (non-hydrogen) atoms. The summed E-state index contributed by atoms with van der Waals surface area (Å²) in [6.45, 7) is 2.12. The molecule has 3 aliphatic rings. The fourth-order valence-electron chi connectivity index (χ4n) is 3.36. The van der Waals surface area contributed by atoms with Crippen molar-refractivity contribution in [1.29, 1.82) is 0 Å². The van der Waals surface area contributed by atoms with Gasteiger partial charge in [-0.1, -0.05) is 29.5 Å². The van der Waals surface area contributed by atoms with Gasteiger partial charge in [0.05, 0.1) is 12.0 Å². The molecule has 2 bridgehead atoms. The number of esters is 1. The average Bonchev–Trinajstić information content (AvgIpc) is 2.81. The van der Waals surface area contributed by atoms with Crippen molar-refractivity contribution >= 4 is 28.6 Å². The smallest absolute Gasteiger partial charge is 0.309 e.